The number of methoxy groups -OCH3 is 1. The van der Waals surface area contributed by atoms with Gasteiger partial charge in [0.2, 0.25) is 0 Å². The lowest BCUT2D eigenvalue weighted by Gasteiger charge is -2.16. The summed E-state index contributed by atoms with van der Waals surface area (Å²) in [6, 6.07) is 18.9. The summed E-state index contributed by atoms with van der Waals surface area (Å²) in [4.78, 5) is 0. The molecule has 1 N–H and O–H groups in total. The summed E-state index contributed by atoms with van der Waals surface area (Å²) in [6.07, 6.45) is 0.979. The zero-order chi connectivity index (χ0) is 19.9. The molecule has 0 atom stereocenters. The second-order valence-corrected chi connectivity index (χ2v) is 7.52. The lowest BCUT2D eigenvalue weighted by atomic mass is 10.1. The van der Waals surface area contributed by atoms with Gasteiger partial charge in [0.15, 0.2) is 11.5 Å². The van der Waals surface area contributed by atoms with Gasteiger partial charge in [-0.15, -0.1) is 0 Å². The highest BCUT2D eigenvalue weighted by Crippen LogP contribution is 2.35. The molecule has 3 nitrogen and oxygen atoms in total. The largest absolute Gasteiger partial charge is 0.493 e. The Morgan fingerprint density at radius 2 is 1.71 bits per heavy atom. The standard InChI is InChI=1S/C23H23FINO2/c1-3-17-8-5-7-11-21(17)26-14-16-12-20(25)23(22(13-16)27-2)28-15-18-9-4-6-10-19(18)24/h4-13,26H,3,14-15H2,1-2H3. The number of nitrogens with one attached hydrogen (secondary N) is 1. The molecule has 3 rings (SSSR count). The molecule has 0 aliphatic rings. The Balaban J connectivity index is 1.75. The monoisotopic (exact) mass is 491 g/mol. The number of para-hydroxylation sites is 1. The maximum atomic E-state index is 13.8. The summed E-state index contributed by atoms with van der Waals surface area (Å²) in [5.74, 6) is 1.000. The molecular weight excluding hydrogens is 468 g/mol. The molecule has 0 aliphatic heterocycles. The average molecular weight is 491 g/mol. The van der Waals surface area contributed by atoms with Gasteiger partial charge in [-0.2, -0.15) is 0 Å². The third-order valence-corrected chi connectivity index (χ3v) is 5.30. The van der Waals surface area contributed by atoms with Gasteiger partial charge in [0.05, 0.1) is 10.7 Å². The van der Waals surface area contributed by atoms with E-state index in [-0.39, 0.29) is 12.4 Å². The number of halogens is 2. The lowest BCUT2D eigenvalue weighted by molar-refractivity contribution is 0.277. The van der Waals surface area contributed by atoms with Gasteiger partial charge in [-0.25, -0.2) is 4.39 Å². The van der Waals surface area contributed by atoms with Crippen LogP contribution in [0.15, 0.2) is 60.7 Å². The van der Waals surface area contributed by atoms with Crippen molar-refractivity contribution >= 4 is 28.3 Å². The zero-order valence-corrected chi connectivity index (χ0v) is 18.1. The minimum absolute atomic E-state index is 0.153. The molecule has 0 heterocycles. The van der Waals surface area contributed by atoms with Crippen molar-refractivity contribution in [3.63, 3.8) is 0 Å². The zero-order valence-electron chi connectivity index (χ0n) is 16.0. The summed E-state index contributed by atoms with van der Waals surface area (Å²) >= 11 is 2.23. The van der Waals surface area contributed by atoms with E-state index < -0.39 is 0 Å². The van der Waals surface area contributed by atoms with Crippen LogP contribution in [0.3, 0.4) is 0 Å². The smallest absolute Gasteiger partial charge is 0.174 e. The van der Waals surface area contributed by atoms with E-state index in [0.717, 1.165) is 21.2 Å². The number of anilines is 1. The topological polar surface area (TPSA) is 30.5 Å². The Morgan fingerprint density at radius 3 is 2.43 bits per heavy atom. The van der Waals surface area contributed by atoms with Crippen LogP contribution in [0.1, 0.15) is 23.6 Å². The van der Waals surface area contributed by atoms with Crippen molar-refractivity contribution in [1.82, 2.24) is 0 Å². The Bertz CT molecular complexity index is 946. The molecular formula is C23H23FINO2. The lowest BCUT2D eigenvalue weighted by Crippen LogP contribution is -2.05. The fourth-order valence-corrected chi connectivity index (χ4v) is 3.80. The molecule has 0 aromatic heterocycles. The van der Waals surface area contributed by atoms with Crippen LogP contribution in [0, 0.1) is 9.39 Å². The summed E-state index contributed by atoms with van der Waals surface area (Å²) in [7, 11) is 1.62. The summed E-state index contributed by atoms with van der Waals surface area (Å²) in [6.45, 7) is 2.98. The van der Waals surface area contributed by atoms with E-state index in [4.69, 9.17) is 9.47 Å². The predicted molar refractivity (Wildman–Crippen MR) is 120 cm³/mol. The molecule has 3 aromatic carbocycles. The number of rotatable bonds is 8. The Morgan fingerprint density at radius 1 is 1.00 bits per heavy atom. The summed E-state index contributed by atoms with van der Waals surface area (Å²) in [5.41, 5.74) is 4.03. The Labute approximate surface area is 179 Å². The highest BCUT2D eigenvalue weighted by molar-refractivity contribution is 14.1. The third-order valence-electron chi connectivity index (χ3n) is 4.50. The molecule has 0 saturated carbocycles. The first kappa shape index (κ1) is 20.5. The average Bonchev–Trinajstić information content (AvgIpc) is 2.72. The van der Waals surface area contributed by atoms with Crippen molar-refractivity contribution in [2.45, 2.75) is 26.5 Å². The van der Waals surface area contributed by atoms with Crippen LogP contribution in [0.25, 0.3) is 0 Å². The van der Waals surface area contributed by atoms with Gasteiger partial charge in [-0.05, 0) is 64.4 Å². The molecule has 0 aliphatic carbocycles. The van der Waals surface area contributed by atoms with E-state index in [1.807, 2.05) is 12.1 Å². The predicted octanol–water partition coefficient (Wildman–Crippen LogP) is 6.19. The van der Waals surface area contributed by atoms with Gasteiger partial charge in [-0.1, -0.05) is 43.3 Å². The van der Waals surface area contributed by atoms with Crippen molar-refractivity contribution in [1.29, 1.82) is 0 Å². The van der Waals surface area contributed by atoms with Crippen molar-refractivity contribution in [3.8, 4) is 11.5 Å². The highest BCUT2D eigenvalue weighted by Gasteiger charge is 2.13. The van der Waals surface area contributed by atoms with E-state index in [2.05, 4.69) is 59.1 Å². The number of benzene rings is 3. The van der Waals surface area contributed by atoms with E-state index in [0.29, 0.717) is 23.6 Å². The first-order valence-electron chi connectivity index (χ1n) is 9.16. The van der Waals surface area contributed by atoms with Crippen LogP contribution >= 0.6 is 22.6 Å². The molecule has 5 heteroatoms. The summed E-state index contributed by atoms with van der Waals surface area (Å²) in [5, 5.41) is 3.49. The number of hydrogen-bond acceptors (Lipinski definition) is 3. The quantitative estimate of drug-likeness (QED) is 0.381. The number of aryl methyl sites for hydroxylation is 1. The van der Waals surface area contributed by atoms with Gasteiger partial charge < -0.3 is 14.8 Å². The first-order chi connectivity index (χ1) is 13.6. The van der Waals surface area contributed by atoms with E-state index in [9.17, 15) is 4.39 Å². The molecule has 0 saturated heterocycles. The minimum atomic E-state index is -0.271. The summed E-state index contributed by atoms with van der Waals surface area (Å²) < 4.78 is 26.2. The molecule has 3 aromatic rings. The van der Waals surface area contributed by atoms with E-state index in [1.165, 1.54) is 11.6 Å². The Hall–Kier alpha value is -2.28. The molecule has 0 bridgehead atoms. The van der Waals surface area contributed by atoms with Crippen molar-refractivity contribution in [2.75, 3.05) is 12.4 Å². The maximum absolute atomic E-state index is 13.8. The van der Waals surface area contributed by atoms with Gasteiger partial charge in [0.1, 0.15) is 12.4 Å². The normalized spacial score (nSPS) is 10.6. The van der Waals surface area contributed by atoms with Crippen LogP contribution in [0.2, 0.25) is 0 Å². The van der Waals surface area contributed by atoms with Crippen LogP contribution in [-0.2, 0) is 19.6 Å². The van der Waals surface area contributed by atoms with Crippen LogP contribution in [0.5, 0.6) is 11.5 Å². The molecule has 146 valence electrons. The maximum Gasteiger partial charge on any atom is 0.174 e. The fraction of sp³-hybridized carbons (Fsp3) is 0.217. The SMILES string of the molecule is CCc1ccccc1NCc1cc(I)c(OCc2ccccc2F)c(OC)c1. The molecule has 0 fully saturated rings. The molecule has 0 spiro atoms. The number of ether oxygens (including phenoxy) is 2. The molecule has 0 amide bonds. The van der Waals surface area contributed by atoms with Gasteiger partial charge in [0.25, 0.3) is 0 Å². The fourth-order valence-electron chi connectivity index (χ4n) is 2.98. The van der Waals surface area contributed by atoms with Crippen molar-refractivity contribution in [2.24, 2.45) is 0 Å². The van der Waals surface area contributed by atoms with Gasteiger partial charge >= 0.3 is 0 Å². The van der Waals surface area contributed by atoms with Crippen LogP contribution in [0.4, 0.5) is 10.1 Å². The van der Waals surface area contributed by atoms with Crippen LogP contribution in [-0.4, -0.2) is 7.11 Å². The van der Waals surface area contributed by atoms with Crippen molar-refractivity contribution in [3.05, 3.63) is 86.7 Å². The highest BCUT2D eigenvalue weighted by atomic mass is 127. The van der Waals surface area contributed by atoms with Gasteiger partial charge in [0, 0.05) is 17.8 Å². The van der Waals surface area contributed by atoms with E-state index >= 15 is 0 Å². The second kappa shape index (κ2) is 9.78. The first-order valence-corrected chi connectivity index (χ1v) is 10.2. The molecule has 0 radical (unpaired) electrons. The van der Waals surface area contributed by atoms with Crippen LogP contribution < -0.4 is 14.8 Å². The van der Waals surface area contributed by atoms with E-state index in [1.54, 1.807) is 25.3 Å². The number of hydrogen-bond donors (Lipinski definition) is 1. The third kappa shape index (κ3) is 4.95. The van der Waals surface area contributed by atoms with Crippen molar-refractivity contribution < 1.29 is 13.9 Å². The van der Waals surface area contributed by atoms with Gasteiger partial charge in [-0.3, -0.25) is 0 Å². The molecule has 0 unspecified atom stereocenters. The second-order valence-electron chi connectivity index (χ2n) is 6.35. The Kier molecular flexibility index (Phi) is 7.14. The minimum Gasteiger partial charge on any atom is -0.493 e. The molecule has 28 heavy (non-hydrogen) atoms.